The molecular weight excluding hydrogens is 314 g/mol. The lowest BCUT2D eigenvalue weighted by atomic mass is 10.1. The summed E-state index contributed by atoms with van der Waals surface area (Å²) in [6.07, 6.45) is 1.52. The second-order valence-electron chi connectivity index (χ2n) is 6.08. The zero-order chi connectivity index (χ0) is 16.7. The average Bonchev–Trinajstić information content (AvgIpc) is 2.51. The molecule has 0 saturated carbocycles. The van der Waals surface area contributed by atoms with Crippen LogP contribution in [0.4, 0.5) is 0 Å². The number of morpholine rings is 1. The number of nitrogens with zero attached hydrogens (tertiary/aromatic N) is 1. The van der Waals surface area contributed by atoms with Crippen molar-refractivity contribution >= 4 is 11.6 Å². The van der Waals surface area contributed by atoms with Gasteiger partial charge in [0.2, 0.25) is 0 Å². The number of halogens is 1. The van der Waals surface area contributed by atoms with Crippen LogP contribution in [-0.4, -0.2) is 56.6 Å². The molecule has 2 atom stereocenters. The normalized spacial score (nSPS) is 22.3. The molecule has 1 aliphatic rings. The molecule has 23 heavy (non-hydrogen) atoms. The molecule has 1 heterocycles. The van der Waals surface area contributed by atoms with Crippen LogP contribution >= 0.6 is 11.6 Å². The minimum atomic E-state index is 0.305. The van der Waals surface area contributed by atoms with E-state index in [0.717, 1.165) is 49.0 Å². The van der Waals surface area contributed by atoms with Crippen molar-refractivity contribution in [2.24, 2.45) is 0 Å². The third-order valence-corrected chi connectivity index (χ3v) is 4.31. The first-order valence-corrected chi connectivity index (χ1v) is 8.83. The smallest absolute Gasteiger partial charge is 0.119 e. The molecular formula is C18H28ClNO3. The number of hydrogen-bond donors (Lipinski definition) is 0. The fraction of sp³-hybridized carbons (Fsp3) is 0.667. The van der Waals surface area contributed by atoms with Gasteiger partial charge in [0.05, 0.1) is 25.4 Å². The highest BCUT2D eigenvalue weighted by Crippen LogP contribution is 2.22. The molecule has 0 bridgehead atoms. The van der Waals surface area contributed by atoms with Gasteiger partial charge >= 0.3 is 0 Å². The van der Waals surface area contributed by atoms with Gasteiger partial charge in [-0.05, 0) is 44.0 Å². The third-order valence-electron chi connectivity index (χ3n) is 3.94. The first kappa shape index (κ1) is 18.5. The number of rotatable bonds is 8. The van der Waals surface area contributed by atoms with Crippen LogP contribution in [0.1, 0.15) is 26.3 Å². The highest BCUT2D eigenvalue weighted by atomic mass is 35.5. The Hall–Kier alpha value is -0.810. The third kappa shape index (κ3) is 6.30. The van der Waals surface area contributed by atoms with Crippen LogP contribution < -0.4 is 4.74 Å². The molecule has 2 unspecified atom stereocenters. The highest BCUT2D eigenvalue weighted by molar-refractivity contribution is 6.31. The molecule has 2 rings (SSSR count). The fourth-order valence-electron chi connectivity index (χ4n) is 2.89. The van der Waals surface area contributed by atoms with Crippen molar-refractivity contribution in [1.29, 1.82) is 0 Å². The van der Waals surface area contributed by atoms with E-state index in [9.17, 15) is 0 Å². The second kappa shape index (κ2) is 9.48. The molecule has 4 nitrogen and oxygen atoms in total. The molecule has 0 spiro atoms. The lowest BCUT2D eigenvalue weighted by Crippen LogP contribution is -2.46. The maximum atomic E-state index is 6.10. The molecule has 1 aromatic rings. The van der Waals surface area contributed by atoms with Gasteiger partial charge in [-0.2, -0.15) is 0 Å². The zero-order valence-electron chi connectivity index (χ0n) is 14.4. The average molecular weight is 342 g/mol. The Labute approximate surface area is 144 Å². The molecule has 1 saturated heterocycles. The van der Waals surface area contributed by atoms with Crippen LogP contribution in [0.3, 0.4) is 0 Å². The molecule has 0 N–H and O–H groups in total. The van der Waals surface area contributed by atoms with E-state index in [0.29, 0.717) is 25.4 Å². The molecule has 5 heteroatoms. The SMILES string of the molecule is CCc1cc(OCCOCCN2CC(C)OC(C)C2)ccc1Cl. The Morgan fingerprint density at radius 2 is 1.91 bits per heavy atom. The Kier molecular flexibility index (Phi) is 7.63. The van der Waals surface area contributed by atoms with Gasteiger partial charge in [0.1, 0.15) is 12.4 Å². The largest absolute Gasteiger partial charge is 0.491 e. The Morgan fingerprint density at radius 1 is 1.17 bits per heavy atom. The van der Waals surface area contributed by atoms with E-state index in [4.69, 9.17) is 25.8 Å². The van der Waals surface area contributed by atoms with E-state index in [1.54, 1.807) is 0 Å². The molecule has 0 aromatic heterocycles. The quantitative estimate of drug-likeness (QED) is 0.678. The predicted molar refractivity (Wildman–Crippen MR) is 93.6 cm³/mol. The van der Waals surface area contributed by atoms with Crippen LogP contribution in [0.5, 0.6) is 5.75 Å². The van der Waals surface area contributed by atoms with Crippen molar-refractivity contribution in [2.45, 2.75) is 39.4 Å². The second-order valence-corrected chi connectivity index (χ2v) is 6.49. The molecule has 1 aliphatic heterocycles. The summed E-state index contributed by atoms with van der Waals surface area (Å²) in [5, 5.41) is 0.796. The molecule has 0 radical (unpaired) electrons. The van der Waals surface area contributed by atoms with Crippen LogP contribution in [-0.2, 0) is 15.9 Å². The monoisotopic (exact) mass is 341 g/mol. The Bertz CT molecular complexity index is 473. The first-order chi connectivity index (χ1) is 11.1. The maximum Gasteiger partial charge on any atom is 0.119 e. The van der Waals surface area contributed by atoms with Crippen molar-refractivity contribution in [3.05, 3.63) is 28.8 Å². The summed E-state index contributed by atoms with van der Waals surface area (Å²) in [4.78, 5) is 2.40. The van der Waals surface area contributed by atoms with Crippen LogP contribution in [0.15, 0.2) is 18.2 Å². The van der Waals surface area contributed by atoms with Crippen LogP contribution in [0, 0.1) is 0 Å². The Morgan fingerprint density at radius 3 is 2.61 bits per heavy atom. The summed E-state index contributed by atoms with van der Waals surface area (Å²) in [7, 11) is 0. The number of benzene rings is 1. The minimum absolute atomic E-state index is 0.305. The maximum absolute atomic E-state index is 6.10. The van der Waals surface area contributed by atoms with Crippen LogP contribution in [0.25, 0.3) is 0 Å². The van der Waals surface area contributed by atoms with Crippen molar-refractivity contribution in [2.75, 3.05) is 39.5 Å². The van der Waals surface area contributed by atoms with Crippen LogP contribution in [0.2, 0.25) is 5.02 Å². The molecule has 0 aliphatic carbocycles. The topological polar surface area (TPSA) is 30.9 Å². The molecule has 130 valence electrons. The van der Waals surface area contributed by atoms with E-state index < -0.39 is 0 Å². The van der Waals surface area contributed by atoms with Crippen molar-refractivity contribution < 1.29 is 14.2 Å². The number of aryl methyl sites for hydroxylation is 1. The summed E-state index contributed by atoms with van der Waals surface area (Å²) in [5.74, 6) is 0.852. The first-order valence-electron chi connectivity index (χ1n) is 8.45. The van der Waals surface area contributed by atoms with Gasteiger partial charge in [0.15, 0.2) is 0 Å². The van der Waals surface area contributed by atoms with Gasteiger partial charge in [0, 0.05) is 24.7 Å². The van der Waals surface area contributed by atoms with Gasteiger partial charge in [-0.1, -0.05) is 18.5 Å². The molecule has 1 fully saturated rings. The minimum Gasteiger partial charge on any atom is -0.491 e. The lowest BCUT2D eigenvalue weighted by molar-refractivity contribution is -0.0734. The fourth-order valence-corrected chi connectivity index (χ4v) is 3.14. The van der Waals surface area contributed by atoms with Gasteiger partial charge in [-0.15, -0.1) is 0 Å². The zero-order valence-corrected chi connectivity index (χ0v) is 15.1. The summed E-state index contributed by atoms with van der Waals surface area (Å²) >= 11 is 6.10. The van der Waals surface area contributed by atoms with Crippen molar-refractivity contribution in [3.63, 3.8) is 0 Å². The summed E-state index contributed by atoms with van der Waals surface area (Å²) in [6.45, 7) is 11.1. The van der Waals surface area contributed by atoms with Gasteiger partial charge in [0.25, 0.3) is 0 Å². The summed E-state index contributed by atoms with van der Waals surface area (Å²) < 4.78 is 17.1. The number of ether oxygens (including phenoxy) is 3. The van der Waals surface area contributed by atoms with E-state index in [1.807, 2.05) is 18.2 Å². The standard InChI is InChI=1S/C18H28ClNO3/c1-4-16-11-17(5-6-18(16)19)22-10-9-21-8-7-20-12-14(2)23-15(3)13-20/h5-6,11,14-15H,4,7-10,12-13H2,1-3H3. The lowest BCUT2D eigenvalue weighted by Gasteiger charge is -2.35. The van der Waals surface area contributed by atoms with Gasteiger partial charge in [-0.3, -0.25) is 4.90 Å². The van der Waals surface area contributed by atoms with E-state index >= 15 is 0 Å². The van der Waals surface area contributed by atoms with E-state index in [-0.39, 0.29) is 0 Å². The van der Waals surface area contributed by atoms with Gasteiger partial charge in [-0.25, -0.2) is 0 Å². The van der Waals surface area contributed by atoms with Crippen molar-refractivity contribution in [3.8, 4) is 5.75 Å². The van der Waals surface area contributed by atoms with Gasteiger partial charge < -0.3 is 14.2 Å². The summed E-state index contributed by atoms with van der Waals surface area (Å²) in [6, 6.07) is 5.79. The molecule has 1 aromatic carbocycles. The highest BCUT2D eigenvalue weighted by Gasteiger charge is 2.21. The van der Waals surface area contributed by atoms with E-state index in [1.165, 1.54) is 0 Å². The summed E-state index contributed by atoms with van der Waals surface area (Å²) in [5.41, 5.74) is 1.11. The molecule has 0 amide bonds. The number of hydrogen-bond acceptors (Lipinski definition) is 4. The Balaban J connectivity index is 1.59. The predicted octanol–water partition coefficient (Wildman–Crippen LogP) is 3.41. The van der Waals surface area contributed by atoms with E-state index in [2.05, 4.69) is 25.7 Å². The van der Waals surface area contributed by atoms with Crippen molar-refractivity contribution in [1.82, 2.24) is 4.90 Å².